The molecule has 0 aromatic heterocycles. The summed E-state index contributed by atoms with van der Waals surface area (Å²) in [6, 6.07) is 0. The van der Waals surface area contributed by atoms with Crippen LogP contribution in [-0.4, -0.2) is 36.3 Å². The van der Waals surface area contributed by atoms with Crippen molar-refractivity contribution in [3.8, 4) is 0 Å². The highest BCUT2D eigenvalue weighted by Gasteiger charge is 2.15. The summed E-state index contributed by atoms with van der Waals surface area (Å²) in [6.07, 6.45) is 1.01. The number of amides is 3. The molecule has 0 heterocycles. The third kappa shape index (κ3) is 33.1. The molecule has 0 saturated carbocycles. The van der Waals surface area contributed by atoms with Gasteiger partial charge in [-0.1, -0.05) is 84.1 Å². The Balaban J connectivity index is -0.000000111. The molecule has 0 aromatic rings. The van der Waals surface area contributed by atoms with Crippen molar-refractivity contribution in [3.63, 3.8) is 0 Å². The van der Waals surface area contributed by atoms with Crippen LogP contribution in [0.4, 0.5) is 0 Å². The molecule has 0 unspecified atom stereocenters. The van der Waals surface area contributed by atoms with Crippen LogP contribution in [0.25, 0.3) is 0 Å². The number of nitrogens with one attached hydrogen (secondary N) is 3. The van der Waals surface area contributed by atoms with E-state index < -0.39 is 0 Å². The SMILES string of the molecule is C.C.CC(C)C(=O)NC(C)(C)C.CC(C)C(=O)NCC(C)(C)C.CCCNC(=O)C(C)C. The Kier molecular flexibility index (Phi) is 25.5. The molecule has 32 heavy (non-hydrogen) atoms. The number of rotatable bonds is 6. The molecule has 6 heteroatoms. The second-order valence-electron chi connectivity index (χ2n) is 10.8. The Labute approximate surface area is 201 Å². The standard InChI is InChI=1S/C9H19NO.C8H17NO.C7H15NO.2CH4/c1-7(2)8(11)10-6-9(3,4)5;1-6(2)7(10)9-8(3,4)5;1-4-5-8-7(9)6(2)3;;/h7H,6H2,1-5H3,(H,10,11);6H,1-5H3,(H,9,10);6H,4-5H2,1-3H3,(H,8,9);2*1H4. The quantitative estimate of drug-likeness (QED) is 0.467. The van der Waals surface area contributed by atoms with E-state index in [9.17, 15) is 14.4 Å². The maximum absolute atomic E-state index is 11.1. The summed E-state index contributed by atoms with van der Waals surface area (Å²) in [6.45, 7) is 27.2. The summed E-state index contributed by atoms with van der Waals surface area (Å²) in [5.41, 5.74) is 0.0892. The maximum Gasteiger partial charge on any atom is 0.222 e. The van der Waals surface area contributed by atoms with Crippen LogP contribution < -0.4 is 16.0 Å². The molecule has 0 aliphatic rings. The topological polar surface area (TPSA) is 87.3 Å². The lowest BCUT2D eigenvalue weighted by molar-refractivity contribution is -0.125. The Hall–Kier alpha value is -1.59. The van der Waals surface area contributed by atoms with E-state index in [4.69, 9.17) is 0 Å². The molecule has 0 radical (unpaired) electrons. The van der Waals surface area contributed by atoms with E-state index in [-0.39, 0.29) is 61.3 Å². The van der Waals surface area contributed by atoms with Crippen molar-refractivity contribution in [1.82, 2.24) is 16.0 Å². The van der Waals surface area contributed by atoms with Crippen molar-refractivity contribution >= 4 is 17.7 Å². The minimum Gasteiger partial charge on any atom is -0.356 e. The van der Waals surface area contributed by atoms with Gasteiger partial charge in [0.2, 0.25) is 17.7 Å². The highest BCUT2D eigenvalue weighted by molar-refractivity contribution is 5.78. The molecule has 0 rings (SSSR count). The monoisotopic (exact) mass is 461 g/mol. The van der Waals surface area contributed by atoms with Crippen LogP contribution in [0.3, 0.4) is 0 Å². The van der Waals surface area contributed by atoms with Gasteiger partial charge in [0.05, 0.1) is 0 Å². The highest BCUT2D eigenvalue weighted by atomic mass is 16.2. The minimum absolute atomic E-state index is 0. The smallest absolute Gasteiger partial charge is 0.222 e. The molecular formula is C26H59N3O3. The lowest BCUT2D eigenvalue weighted by Crippen LogP contribution is -2.42. The van der Waals surface area contributed by atoms with Gasteiger partial charge in [0.1, 0.15) is 0 Å². The van der Waals surface area contributed by atoms with Crippen LogP contribution in [0.5, 0.6) is 0 Å². The number of carbonyl (C=O) groups excluding carboxylic acids is 3. The Morgan fingerprint density at radius 3 is 1.22 bits per heavy atom. The Morgan fingerprint density at radius 1 is 0.656 bits per heavy atom. The minimum atomic E-state index is -0.0959. The zero-order chi connectivity index (χ0) is 24.7. The third-order valence-electron chi connectivity index (χ3n) is 3.41. The lowest BCUT2D eigenvalue weighted by Gasteiger charge is -2.21. The third-order valence-corrected chi connectivity index (χ3v) is 3.41. The summed E-state index contributed by atoms with van der Waals surface area (Å²) in [5, 5.41) is 8.56. The Morgan fingerprint density at radius 2 is 1.00 bits per heavy atom. The van der Waals surface area contributed by atoms with Crippen LogP contribution >= 0.6 is 0 Å². The zero-order valence-electron chi connectivity index (χ0n) is 22.1. The second kappa shape index (κ2) is 20.0. The highest BCUT2D eigenvalue weighted by Crippen LogP contribution is 2.10. The molecule has 196 valence electrons. The van der Waals surface area contributed by atoms with E-state index in [1.165, 1.54) is 0 Å². The summed E-state index contributed by atoms with van der Waals surface area (Å²) in [7, 11) is 0. The first-order chi connectivity index (χ1) is 13.3. The second-order valence-corrected chi connectivity index (χ2v) is 10.8. The van der Waals surface area contributed by atoms with Gasteiger partial charge in [-0.3, -0.25) is 14.4 Å². The van der Waals surface area contributed by atoms with E-state index in [0.717, 1.165) is 19.5 Å². The van der Waals surface area contributed by atoms with Gasteiger partial charge in [-0.2, -0.15) is 0 Å². The normalized spacial score (nSPS) is 10.5. The number of carbonyl (C=O) groups is 3. The molecule has 0 fully saturated rings. The van der Waals surface area contributed by atoms with Crippen molar-refractivity contribution in [2.75, 3.05) is 13.1 Å². The van der Waals surface area contributed by atoms with E-state index in [1.54, 1.807) is 0 Å². The fraction of sp³-hybridized carbons (Fsp3) is 0.885. The van der Waals surface area contributed by atoms with Crippen LogP contribution in [0.15, 0.2) is 0 Å². The fourth-order valence-electron chi connectivity index (χ4n) is 1.52. The number of hydrogen-bond acceptors (Lipinski definition) is 3. The van der Waals surface area contributed by atoms with Crippen molar-refractivity contribution in [3.05, 3.63) is 0 Å². The zero-order valence-corrected chi connectivity index (χ0v) is 22.1. The van der Waals surface area contributed by atoms with Gasteiger partial charge in [-0.15, -0.1) is 0 Å². The molecule has 0 atom stereocenters. The van der Waals surface area contributed by atoms with Crippen LogP contribution in [0, 0.1) is 23.2 Å². The predicted molar refractivity (Wildman–Crippen MR) is 142 cm³/mol. The molecule has 0 bridgehead atoms. The molecule has 3 amide bonds. The molecule has 3 N–H and O–H groups in total. The van der Waals surface area contributed by atoms with E-state index in [2.05, 4.69) is 36.7 Å². The predicted octanol–water partition coefficient (Wildman–Crippen LogP) is 5.80. The first-order valence-corrected chi connectivity index (χ1v) is 11.2. The van der Waals surface area contributed by atoms with Crippen LogP contribution in [0.1, 0.15) is 111 Å². The largest absolute Gasteiger partial charge is 0.356 e. The van der Waals surface area contributed by atoms with Gasteiger partial charge in [-0.05, 0) is 32.6 Å². The van der Waals surface area contributed by atoms with E-state index in [1.807, 2.05) is 69.2 Å². The van der Waals surface area contributed by atoms with Gasteiger partial charge in [0, 0.05) is 36.4 Å². The molecule has 0 aliphatic carbocycles. The molecule has 6 nitrogen and oxygen atoms in total. The van der Waals surface area contributed by atoms with E-state index in [0.29, 0.717) is 0 Å². The molecular weight excluding hydrogens is 402 g/mol. The summed E-state index contributed by atoms with van der Waals surface area (Å²) in [4.78, 5) is 32.9. The summed E-state index contributed by atoms with van der Waals surface area (Å²) >= 11 is 0. The van der Waals surface area contributed by atoms with Crippen molar-refractivity contribution in [1.29, 1.82) is 0 Å². The maximum atomic E-state index is 11.1. The summed E-state index contributed by atoms with van der Waals surface area (Å²) < 4.78 is 0. The first kappa shape index (κ1) is 40.7. The average molecular weight is 462 g/mol. The van der Waals surface area contributed by atoms with Gasteiger partial charge in [-0.25, -0.2) is 0 Å². The van der Waals surface area contributed by atoms with Gasteiger partial charge in [0.15, 0.2) is 0 Å². The van der Waals surface area contributed by atoms with Gasteiger partial charge >= 0.3 is 0 Å². The van der Waals surface area contributed by atoms with Gasteiger partial charge in [0.25, 0.3) is 0 Å². The lowest BCUT2D eigenvalue weighted by atomic mass is 9.97. The van der Waals surface area contributed by atoms with Crippen LogP contribution in [0.2, 0.25) is 0 Å². The van der Waals surface area contributed by atoms with Crippen molar-refractivity contribution < 1.29 is 14.4 Å². The summed E-state index contributed by atoms with van der Waals surface area (Å²) in [5.74, 6) is 0.706. The molecule has 0 aliphatic heterocycles. The molecule has 0 saturated heterocycles. The van der Waals surface area contributed by atoms with Crippen molar-refractivity contribution in [2.24, 2.45) is 23.2 Å². The van der Waals surface area contributed by atoms with Crippen LogP contribution in [-0.2, 0) is 14.4 Å². The molecule has 0 aromatic carbocycles. The molecule has 0 spiro atoms. The van der Waals surface area contributed by atoms with Crippen molar-refractivity contribution in [2.45, 2.75) is 117 Å². The average Bonchev–Trinajstić information content (AvgIpc) is 2.56. The first-order valence-electron chi connectivity index (χ1n) is 11.2. The van der Waals surface area contributed by atoms with Gasteiger partial charge < -0.3 is 16.0 Å². The van der Waals surface area contributed by atoms with E-state index >= 15 is 0 Å². The Bertz CT molecular complexity index is 486. The number of hydrogen-bond donors (Lipinski definition) is 3. The fourth-order valence-corrected chi connectivity index (χ4v) is 1.52.